The van der Waals surface area contributed by atoms with Gasteiger partial charge in [-0.1, -0.05) is 26.3 Å². The van der Waals surface area contributed by atoms with Gasteiger partial charge in [-0.2, -0.15) is 0 Å². The van der Waals surface area contributed by atoms with Crippen molar-refractivity contribution in [1.29, 1.82) is 0 Å². The SMILES string of the molecule is CCC/C=C/N(c1c(C)n(C)c(=O)n(CC(=O)NC=O)c1=O)C(C)C(=O)CCC. The Labute approximate surface area is 170 Å². The van der Waals surface area contributed by atoms with Gasteiger partial charge in [0.2, 0.25) is 12.3 Å². The molecular weight excluding hydrogens is 376 g/mol. The number of hydrogen-bond donors (Lipinski definition) is 1. The summed E-state index contributed by atoms with van der Waals surface area (Å²) in [5, 5.41) is 1.92. The van der Waals surface area contributed by atoms with Gasteiger partial charge in [-0.05, 0) is 26.7 Å². The smallest absolute Gasteiger partial charge is 0.331 e. The molecule has 29 heavy (non-hydrogen) atoms. The van der Waals surface area contributed by atoms with Crippen LogP contribution in [-0.4, -0.2) is 33.3 Å². The predicted octanol–water partition coefficient (Wildman–Crippen LogP) is 1.01. The van der Waals surface area contributed by atoms with E-state index in [0.29, 0.717) is 18.5 Å². The molecule has 0 aromatic carbocycles. The molecule has 0 saturated carbocycles. The van der Waals surface area contributed by atoms with Crippen molar-refractivity contribution in [2.75, 3.05) is 4.90 Å². The van der Waals surface area contributed by atoms with Crippen LogP contribution in [0.2, 0.25) is 0 Å². The number of amides is 2. The minimum atomic E-state index is -0.780. The monoisotopic (exact) mass is 406 g/mol. The first kappa shape index (κ1) is 24.1. The van der Waals surface area contributed by atoms with E-state index in [9.17, 15) is 24.0 Å². The summed E-state index contributed by atoms with van der Waals surface area (Å²) in [6.45, 7) is 6.64. The molecule has 1 atom stereocenters. The van der Waals surface area contributed by atoms with E-state index in [4.69, 9.17) is 0 Å². The van der Waals surface area contributed by atoms with E-state index in [0.717, 1.165) is 17.4 Å². The third-order valence-corrected chi connectivity index (χ3v) is 4.69. The number of anilines is 1. The molecule has 0 aliphatic heterocycles. The quantitative estimate of drug-likeness (QED) is 0.549. The van der Waals surface area contributed by atoms with Crippen LogP contribution in [0.4, 0.5) is 5.69 Å². The Morgan fingerprint density at radius 1 is 1.21 bits per heavy atom. The molecule has 0 fully saturated rings. The molecule has 0 bridgehead atoms. The summed E-state index contributed by atoms with van der Waals surface area (Å²) in [6, 6.07) is -0.621. The first-order valence-electron chi connectivity index (χ1n) is 9.72. The maximum Gasteiger partial charge on any atom is 0.331 e. The van der Waals surface area contributed by atoms with Crippen LogP contribution in [0.25, 0.3) is 0 Å². The van der Waals surface area contributed by atoms with Gasteiger partial charge in [0.15, 0.2) is 5.78 Å². The zero-order chi connectivity index (χ0) is 22.1. The van der Waals surface area contributed by atoms with Crippen molar-refractivity contribution in [3.8, 4) is 0 Å². The summed E-state index contributed by atoms with van der Waals surface area (Å²) in [6.07, 6.45) is 6.43. The average Bonchev–Trinajstić information content (AvgIpc) is 2.68. The van der Waals surface area contributed by atoms with Crippen LogP contribution < -0.4 is 21.5 Å². The minimum Gasteiger partial charge on any atom is -0.332 e. The Morgan fingerprint density at radius 2 is 1.86 bits per heavy atom. The Kier molecular flexibility index (Phi) is 9.24. The first-order chi connectivity index (χ1) is 13.7. The van der Waals surface area contributed by atoms with E-state index in [-0.39, 0.29) is 17.9 Å². The summed E-state index contributed by atoms with van der Waals surface area (Å²) in [5.74, 6) is -0.816. The Hall–Kier alpha value is -2.97. The highest BCUT2D eigenvalue weighted by Crippen LogP contribution is 2.19. The molecule has 0 aliphatic carbocycles. The molecule has 2 amide bonds. The number of ketones is 1. The Bertz CT molecular complexity index is 897. The predicted molar refractivity (Wildman–Crippen MR) is 111 cm³/mol. The molecule has 1 aromatic rings. The maximum absolute atomic E-state index is 13.2. The van der Waals surface area contributed by atoms with Gasteiger partial charge in [0.05, 0.1) is 6.04 Å². The molecule has 9 heteroatoms. The number of imide groups is 1. The highest BCUT2D eigenvalue weighted by Gasteiger charge is 2.26. The molecule has 1 heterocycles. The van der Waals surface area contributed by atoms with Crippen molar-refractivity contribution in [3.63, 3.8) is 0 Å². The van der Waals surface area contributed by atoms with Crippen molar-refractivity contribution in [1.82, 2.24) is 14.5 Å². The third kappa shape index (κ3) is 5.75. The van der Waals surface area contributed by atoms with Gasteiger partial charge in [0, 0.05) is 25.4 Å². The van der Waals surface area contributed by atoms with Gasteiger partial charge in [0.25, 0.3) is 5.56 Å². The summed E-state index contributed by atoms with van der Waals surface area (Å²) in [4.78, 5) is 62.1. The van der Waals surface area contributed by atoms with Crippen molar-refractivity contribution >= 4 is 23.8 Å². The number of allylic oxidation sites excluding steroid dienone is 1. The maximum atomic E-state index is 13.2. The molecule has 0 radical (unpaired) electrons. The number of carbonyl (C=O) groups excluding carboxylic acids is 3. The number of carbonyl (C=O) groups is 3. The van der Waals surface area contributed by atoms with Crippen molar-refractivity contribution in [2.24, 2.45) is 7.05 Å². The highest BCUT2D eigenvalue weighted by atomic mass is 16.2. The summed E-state index contributed by atoms with van der Waals surface area (Å²) in [5.41, 5.74) is -0.842. The average molecular weight is 406 g/mol. The number of nitrogens with zero attached hydrogens (tertiary/aromatic N) is 3. The van der Waals surface area contributed by atoms with Crippen LogP contribution in [0.1, 0.15) is 52.1 Å². The number of Topliss-reactive ketones (excluding diaryl/α,β-unsaturated/α-hetero) is 1. The molecule has 1 rings (SSSR count). The lowest BCUT2D eigenvalue weighted by Gasteiger charge is -2.29. The van der Waals surface area contributed by atoms with Crippen molar-refractivity contribution < 1.29 is 14.4 Å². The van der Waals surface area contributed by atoms with E-state index in [1.165, 1.54) is 11.6 Å². The number of rotatable bonds is 11. The fraction of sp³-hybridized carbons (Fsp3) is 0.550. The molecule has 0 aliphatic rings. The van der Waals surface area contributed by atoms with E-state index in [2.05, 4.69) is 0 Å². The Morgan fingerprint density at radius 3 is 2.41 bits per heavy atom. The van der Waals surface area contributed by atoms with Crippen LogP contribution in [0.15, 0.2) is 21.9 Å². The van der Waals surface area contributed by atoms with Gasteiger partial charge in [0.1, 0.15) is 12.2 Å². The van der Waals surface area contributed by atoms with Crippen molar-refractivity contribution in [3.05, 3.63) is 38.8 Å². The van der Waals surface area contributed by atoms with Crippen LogP contribution in [0.5, 0.6) is 0 Å². The Balaban J connectivity index is 3.66. The van der Waals surface area contributed by atoms with Crippen LogP contribution in [0.3, 0.4) is 0 Å². The highest BCUT2D eigenvalue weighted by molar-refractivity contribution is 5.87. The van der Waals surface area contributed by atoms with Gasteiger partial charge < -0.3 is 4.90 Å². The lowest BCUT2D eigenvalue weighted by atomic mass is 10.1. The van der Waals surface area contributed by atoms with Gasteiger partial charge >= 0.3 is 5.69 Å². The topological polar surface area (TPSA) is 110 Å². The van der Waals surface area contributed by atoms with Crippen molar-refractivity contribution in [2.45, 2.75) is 66.0 Å². The van der Waals surface area contributed by atoms with E-state index in [1.807, 2.05) is 25.2 Å². The molecule has 1 aromatic heterocycles. The first-order valence-corrected chi connectivity index (χ1v) is 9.72. The normalized spacial score (nSPS) is 12.0. The fourth-order valence-electron chi connectivity index (χ4n) is 2.91. The van der Waals surface area contributed by atoms with Gasteiger partial charge in [-0.3, -0.25) is 29.1 Å². The van der Waals surface area contributed by atoms with E-state index in [1.54, 1.807) is 24.9 Å². The zero-order valence-electron chi connectivity index (χ0n) is 17.7. The molecule has 0 saturated heterocycles. The number of unbranched alkanes of at least 4 members (excludes halogenated alkanes) is 1. The standard InChI is InChI=1S/C20H30N4O5/c1-6-8-9-11-23(14(3)16(26)10-7-2)18-15(4)22(5)20(29)24(19(18)28)12-17(27)21-13-25/h9,11,13-14H,6-8,10,12H2,1-5H3,(H,21,25,27)/b11-9+. The number of hydrogen-bond acceptors (Lipinski definition) is 6. The molecule has 0 spiro atoms. The second kappa shape index (κ2) is 11.1. The zero-order valence-corrected chi connectivity index (χ0v) is 17.7. The molecule has 9 nitrogen and oxygen atoms in total. The molecular formula is C20H30N4O5. The summed E-state index contributed by atoms with van der Waals surface area (Å²) >= 11 is 0. The van der Waals surface area contributed by atoms with Crippen LogP contribution >= 0.6 is 0 Å². The number of aromatic nitrogens is 2. The second-order valence-electron chi connectivity index (χ2n) is 6.83. The molecule has 160 valence electrons. The van der Waals surface area contributed by atoms with Gasteiger partial charge in [-0.25, -0.2) is 9.36 Å². The largest absolute Gasteiger partial charge is 0.332 e. The lowest BCUT2D eigenvalue weighted by Crippen LogP contribution is -2.48. The number of nitrogens with one attached hydrogen (secondary N) is 1. The fourth-order valence-corrected chi connectivity index (χ4v) is 2.91. The van der Waals surface area contributed by atoms with E-state index >= 15 is 0 Å². The summed E-state index contributed by atoms with van der Waals surface area (Å²) in [7, 11) is 1.49. The van der Waals surface area contributed by atoms with E-state index < -0.39 is 29.7 Å². The third-order valence-electron chi connectivity index (χ3n) is 4.69. The van der Waals surface area contributed by atoms with Crippen LogP contribution in [0, 0.1) is 6.92 Å². The van der Waals surface area contributed by atoms with Crippen LogP contribution in [-0.2, 0) is 28.0 Å². The second-order valence-corrected chi connectivity index (χ2v) is 6.83. The summed E-state index contributed by atoms with van der Waals surface area (Å²) < 4.78 is 2.02. The minimum absolute atomic E-state index is 0.0356. The van der Waals surface area contributed by atoms with Gasteiger partial charge in [-0.15, -0.1) is 0 Å². The molecule has 1 N–H and O–H groups in total. The molecule has 1 unspecified atom stereocenters. The lowest BCUT2D eigenvalue weighted by molar-refractivity contribution is -0.126.